The Labute approximate surface area is 206 Å². The molecule has 2 aliphatic rings. The van der Waals surface area contributed by atoms with Crippen LogP contribution in [0.2, 0.25) is 0 Å². The topological polar surface area (TPSA) is 95.4 Å². The number of piperazine rings is 1. The average Bonchev–Trinajstić information content (AvgIpc) is 2.93. The highest BCUT2D eigenvalue weighted by atomic mass is 16.5. The third-order valence-corrected chi connectivity index (χ3v) is 6.39. The van der Waals surface area contributed by atoms with E-state index in [0.717, 1.165) is 95.9 Å². The summed E-state index contributed by atoms with van der Waals surface area (Å²) < 4.78 is 5.40. The number of hydrogen-bond acceptors (Lipinski definition) is 10. The van der Waals surface area contributed by atoms with Gasteiger partial charge in [-0.3, -0.25) is 4.90 Å². The number of benzene rings is 1. The molecule has 0 radical (unpaired) electrons. The lowest BCUT2D eigenvalue weighted by Crippen LogP contribution is -2.47. The van der Waals surface area contributed by atoms with Crippen molar-refractivity contribution < 1.29 is 4.74 Å². The molecule has 4 heterocycles. The summed E-state index contributed by atoms with van der Waals surface area (Å²) in [5.74, 6) is 2.13. The Morgan fingerprint density at radius 2 is 1.49 bits per heavy atom. The number of morpholine rings is 1. The van der Waals surface area contributed by atoms with E-state index in [1.807, 2.05) is 18.5 Å². The molecule has 0 unspecified atom stereocenters. The van der Waals surface area contributed by atoms with Crippen LogP contribution in [0.3, 0.4) is 0 Å². The molecular formula is C25H33N9O. The largest absolute Gasteiger partial charge is 0.379 e. The van der Waals surface area contributed by atoms with Crippen LogP contribution in [0, 0.1) is 0 Å². The van der Waals surface area contributed by atoms with E-state index in [9.17, 15) is 0 Å². The van der Waals surface area contributed by atoms with Crippen molar-refractivity contribution in [3.8, 4) is 0 Å². The standard InChI is InChI=1S/C25H33N9O/c1-2-5-21(6-3-1)17-22-18-27-24(28-19-22)33-9-11-34(12-10-33)25-30-20-29-23(31-25)26-7-4-8-32-13-15-35-16-14-32/h1-3,5-6,18-20H,4,7-17H2,(H,26,29,30,31). The molecule has 0 spiro atoms. The zero-order valence-electron chi connectivity index (χ0n) is 20.1. The predicted octanol–water partition coefficient (Wildman–Crippen LogP) is 1.71. The van der Waals surface area contributed by atoms with Crippen LogP contribution in [-0.2, 0) is 11.2 Å². The highest BCUT2D eigenvalue weighted by Gasteiger charge is 2.21. The van der Waals surface area contributed by atoms with Crippen LogP contribution < -0.4 is 15.1 Å². The second-order valence-corrected chi connectivity index (χ2v) is 8.87. The van der Waals surface area contributed by atoms with Crippen LogP contribution in [0.4, 0.5) is 17.8 Å². The van der Waals surface area contributed by atoms with Crippen molar-refractivity contribution in [2.75, 3.05) is 80.7 Å². The van der Waals surface area contributed by atoms with Gasteiger partial charge in [-0.05, 0) is 24.1 Å². The number of aromatic nitrogens is 5. The summed E-state index contributed by atoms with van der Waals surface area (Å²) in [5.41, 5.74) is 2.38. The van der Waals surface area contributed by atoms with Gasteiger partial charge >= 0.3 is 0 Å². The molecule has 10 heteroatoms. The maximum Gasteiger partial charge on any atom is 0.230 e. The van der Waals surface area contributed by atoms with E-state index >= 15 is 0 Å². The van der Waals surface area contributed by atoms with E-state index in [4.69, 9.17) is 4.74 Å². The van der Waals surface area contributed by atoms with Crippen LogP contribution >= 0.6 is 0 Å². The number of ether oxygens (including phenoxy) is 1. The fourth-order valence-electron chi connectivity index (χ4n) is 4.39. The molecule has 0 aliphatic carbocycles. The first-order valence-corrected chi connectivity index (χ1v) is 12.4. The Balaban J connectivity index is 1.08. The van der Waals surface area contributed by atoms with Gasteiger partial charge in [0.1, 0.15) is 6.33 Å². The molecule has 2 fully saturated rings. The number of nitrogens with zero attached hydrogens (tertiary/aromatic N) is 8. The molecule has 3 aromatic rings. The van der Waals surface area contributed by atoms with Gasteiger partial charge in [-0.1, -0.05) is 30.3 Å². The summed E-state index contributed by atoms with van der Waals surface area (Å²) in [7, 11) is 0. The smallest absolute Gasteiger partial charge is 0.230 e. The van der Waals surface area contributed by atoms with Crippen molar-refractivity contribution in [3.63, 3.8) is 0 Å². The molecule has 0 saturated carbocycles. The minimum absolute atomic E-state index is 0.636. The van der Waals surface area contributed by atoms with E-state index in [2.05, 4.69) is 69.2 Å². The van der Waals surface area contributed by atoms with Crippen molar-refractivity contribution in [2.24, 2.45) is 0 Å². The Bertz CT molecular complexity index is 1040. The molecule has 2 aromatic heterocycles. The van der Waals surface area contributed by atoms with E-state index in [1.165, 1.54) is 5.56 Å². The second-order valence-electron chi connectivity index (χ2n) is 8.87. The fourth-order valence-corrected chi connectivity index (χ4v) is 4.39. The highest BCUT2D eigenvalue weighted by Crippen LogP contribution is 2.16. The summed E-state index contributed by atoms with van der Waals surface area (Å²) in [6.45, 7) is 8.89. The lowest BCUT2D eigenvalue weighted by molar-refractivity contribution is 0.0378. The summed E-state index contributed by atoms with van der Waals surface area (Å²) in [5, 5.41) is 3.34. The van der Waals surface area contributed by atoms with Crippen molar-refractivity contribution in [1.82, 2.24) is 29.8 Å². The number of nitrogens with one attached hydrogen (secondary N) is 1. The lowest BCUT2D eigenvalue weighted by atomic mass is 10.1. The molecule has 0 bridgehead atoms. The normalized spacial score (nSPS) is 16.9. The third kappa shape index (κ3) is 6.61. The van der Waals surface area contributed by atoms with Gasteiger partial charge < -0.3 is 19.9 Å². The van der Waals surface area contributed by atoms with Crippen LogP contribution in [0.5, 0.6) is 0 Å². The monoisotopic (exact) mass is 475 g/mol. The molecule has 35 heavy (non-hydrogen) atoms. The van der Waals surface area contributed by atoms with Gasteiger partial charge in [0.2, 0.25) is 17.8 Å². The highest BCUT2D eigenvalue weighted by molar-refractivity contribution is 5.40. The van der Waals surface area contributed by atoms with Gasteiger partial charge in [-0.2, -0.15) is 4.98 Å². The molecule has 184 valence electrons. The summed E-state index contributed by atoms with van der Waals surface area (Å²) in [4.78, 5) is 29.4. The molecule has 1 aromatic carbocycles. The van der Waals surface area contributed by atoms with Crippen molar-refractivity contribution in [2.45, 2.75) is 12.8 Å². The van der Waals surface area contributed by atoms with Gasteiger partial charge in [0, 0.05) is 64.6 Å². The molecule has 0 amide bonds. The molecule has 2 saturated heterocycles. The number of hydrogen-bond donors (Lipinski definition) is 1. The maximum atomic E-state index is 5.40. The first kappa shape index (κ1) is 23.4. The van der Waals surface area contributed by atoms with Gasteiger partial charge in [0.25, 0.3) is 0 Å². The minimum atomic E-state index is 0.636. The van der Waals surface area contributed by atoms with Gasteiger partial charge in [-0.25, -0.2) is 19.9 Å². The number of rotatable bonds is 9. The maximum absolute atomic E-state index is 5.40. The number of anilines is 3. The van der Waals surface area contributed by atoms with E-state index in [0.29, 0.717) is 5.95 Å². The zero-order chi connectivity index (χ0) is 23.7. The van der Waals surface area contributed by atoms with Crippen LogP contribution in [0.15, 0.2) is 49.1 Å². The lowest BCUT2D eigenvalue weighted by Gasteiger charge is -2.34. The first-order valence-electron chi connectivity index (χ1n) is 12.4. The van der Waals surface area contributed by atoms with Gasteiger partial charge in [0.15, 0.2) is 0 Å². The SMILES string of the molecule is c1ccc(Cc2cnc(N3CCN(c4ncnc(NCCCN5CCOCC5)n4)CC3)nc2)cc1. The first-order chi connectivity index (χ1) is 17.3. The van der Waals surface area contributed by atoms with Crippen LogP contribution in [0.25, 0.3) is 0 Å². The third-order valence-electron chi connectivity index (χ3n) is 6.39. The summed E-state index contributed by atoms with van der Waals surface area (Å²) >= 11 is 0. The average molecular weight is 476 g/mol. The van der Waals surface area contributed by atoms with E-state index < -0.39 is 0 Å². The van der Waals surface area contributed by atoms with E-state index in [-0.39, 0.29) is 0 Å². The summed E-state index contributed by atoms with van der Waals surface area (Å²) in [6, 6.07) is 10.4. The Morgan fingerprint density at radius 1 is 0.771 bits per heavy atom. The predicted molar refractivity (Wildman–Crippen MR) is 136 cm³/mol. The minimum Gasteiger partial charge on any atom is -0.379 e. The second kappa shape index (κ2) is 11.9. The Kier molecular flexibility index (Phi) is 7.92. The molecule has 0 atom stereocenters. The zero-order valence-corrected chi connectivity index (χ0v) is 20.1. The molecular weight excluding hydrogens is 442 g/mol. The Hall–Kier alpha value is -3.37. The van der Waals surface area contributed by atoms with Crippen molar-refractivity contribution >= 4 is 17.8 Å². The van der Waals surface area contributed by atoms with Crippen molar-refractivity contribution in [3.05, 3.63) is 60.2 Å². The Morgan fingerprint density at radius 3 is 2.23 bits per heavy atom. The van der Waals surface area contributed by atoms with Crippen LogP contribution in [-0.4, -0.2) is 95.4 Å². The fraction of sp³-hybridized carbons (Fsp3) is 0.480. The van der Waals surface area contributed by atoms with Gasteiger partial charge in [-0.15, -0.1) is 0 Å². The van der Waals surface area contributed by atoms with Gasteiger partial charge in [0.05, 0.1) is 13.2 Å². The molecule has 1 N–H and O–H groups in total. The van der Waals surface area contributed by atoms with Crippen molar-refractivity contribution in [1.29, 1.82) is 0 Å². The molecule has 10 nitrogen and oxygen atoms in total. The quantitative estimate of drug-likeness (QED) is 0.461. The molecule has 5 rings (SSSR count). The summed E-state index contributed by atoms with van der Waals surface area (Å²) in [6.07, 6.45) is 7.35. The van der Waals surface area contributed by atoms with Crippen LogP contribution in [0.1, 0.15) is 17.5 Å². The molecule has 2 aliphatic heterocycles. The van der Waals surface area contributed by atoms with E-state index in [1.54, 1.807) is 6.33 Å².